The molecule has 0 heterocycles. The highest BCUT2D eigenvalue weighted by Crippen LogP contribution is 2.41. The van der Waals surface area contributed by atoms with Gasteiger partial charge in [0.1, 0.15) is 4.84 Å². The molecule has 0 atom stereocenters. The van der Waals surface area contributed by atoms with Crippen LogP contribution in [-0.4, -0.2) is 20.2 Å². The molecule has 0 aliphatic carbocycles. The Morgan fingerprint density at radius 2 is 1.65 bits per heavy atom. The Morgan fingerprint density at radius 1 is 1.18 bits per heavy atom. The van der Waals surface area contributed by atoms with Gasteiger partial charge in [0.05, 0.1) is 14.2 Å². The number of halogens is 2. The minimum atomic E-state index is -0.718. The smallest absolute Gasteiger partial charge is 0.308 e. The molecule has 17 heavy (non-hydrogen) atoms. The molecule has 0 radical (unpaired) electrons. The van der Waals surface area contributed by atoms with Gasteiger partial charge in [-0.05, 0) is 17.7 Å². The van der Waals surface area contributed by atoms with Crippen molar-refractivity contribution in [3.05, 3.63) is 17.7 Å². The Hall–Kier alpha value is -1.13. The molecule has 1 aromatic carbocycles. The van der Waals surface area contributed by atoms with Gasteiger partial charge in [0.2, 0.25) is 5.75 Å². The lowest BCUT2D eigenvalue weighted by molar-refractivity contribution is -0.132. The topological polar surface area (TPSA) is 44.8 Å². The summed E-state index contributed by atoms with van der Waals surface area (Å²) in [5.41, 5.74) is 0.595. The molecule has 0 fully saturated rings. The molecule has 0 aromatic heterocycles. The first-order chi connectivity index (χ1) is 7.99. The first-order valence-corrected chi connectivity index (χ1v) is 5.59. The molecule has 0 bridgehead atoms. The van der Waals surface area contributed by atoms with Crippen LogP contribution in [0.4, 0.5) is 0 Å². The van der Waals surface area contributed by atoms with Crippen molar-refractivity contribution < 1.29 is 19.0 Å². The highest BCUT2D eigenvalue weighted by molar-refractivity contribution is 6.44. The number of alkyl halides is 2. The van der Waals surface area contributed by atoms with Crippen LogP contribution >= 0.6 is 23.2 Å². The molecule has 94 valence electrons. The summed E-state index contributed by atoms with van der Waals surface area (Å²) in [4.78, 5) is 10.3. The second-order valence-electron chi connectivity index (χ2n) is 3.15. The average molecular weight is 279 g/mol. The summed E-state index contributed by atoms with van der Waals surface area (Å²) >= 11 is 11.5. The van der Waals surface area contributed by atoms with Crippen LogP contribution in [0.3, 0.4) is 0 Å². The SMILES string of the molecule is COc1cc(C(Cl)Cl)cc(OC)c1OC(C)=O. The van der Waals surface area contributed by atoms with Gasteiger partial charge < -0.3 is 14.2 Å². The Balaban J connectivity index is 3.30. The molecule has 4 nitrogen and oxygen atoms in total. The third kappa shape index (κ3) is 3.41. The van der Waals surface area contributed by atoms with E-state index in [4.69, 9.17) is 37.4 Å². The highest BCUT2D eigenvalue weighted by atomic mass is 35.5. The standard InChI is InChI=1S/C11H12Cl2O4/c1-6(14)17-10-8(15-2)4-7(11(12)13)5-9(10)16-3/h4-5,11H,1-3H3. The van der Waals surface area contributed by atoms with Crippen molar-refractivity contribution in [2.24, 2.45) is 0 Å². The second-order valence-corrected chi connectivity index (χ2v) is 4.25. The van der Waals surface area contributed by atoms with Crippen LogP contribution < -0.4 is 14.2 Å². The first kappa shape index (κ1) is 13.9. The summed E-state index contributed by atoms with van der Waals surface area (Å²) in [6.45, 7) is 1.29. The zero-order chi connectivity index (χ0) is 13.0. The van der Waals surface area contributed by atoms with E-state index in [2.05, 4.69) is 0 Å². The summed E-state index contributed by atoms with van der Waals surface area (Å²) in [5, 5.41) is 0. The van der Waals surface area contributed by atoms with E-state index < -0.39 is 10.8 Å². The molecule has 1 rings (SSSR count). The summed E-state index contributed by atoms with van der Waals surface area (Å²) in [7, 11) is 2.89. The zero-order valence-corrected chi connectivity index (χ0v) is 11.1. The fraction of sp³-hybridized carbons (Fsp3) is 0.364. The monoisotopic (exact) mass is 278 g/mol. The maximum atomic E-state index is 11.0. The van der Waals surface area contributed by atoms with Gasteiger partial charge in [-0.15, -0.1) is 23.2 Å². The molecule has 0 saturated carbocycles. The van der Waals surface area contributed by atoms with Crippen LogP contribution in [0.15, 0.2) is 12.1 Å². The number of benzene rings is 1. The number of carbonyl (C=O) groups excluding carboxylic acids is 1. The van der Waals surface area contributed by atoms with Crippen molar-refractivity contribution in [3.63, 3.8) is 0 Å². The maximum absolute atomic E-state index is 11.0. The Bertz CT molecular complexity index is 393. The van der Waals surface area contributed by atoms with E-state index >= 15 is 0 Å². The van der Waals surface area contributed by atoms with Crippen molar-refractivity contribution in [2.45, 2.75) is 11.8 Å². The summed E-state index contributed by atoms with van der Waals surface area (Å²) in [6, 6.07) is 3.18. The van der Waals surface area contributed by atoms with E-state index in [1.54, 1.807) is 12.1 Å². The Morgan fingerprint density at radius 3 is 1.94 bits per heavy atom. The van der Waals surface area contributed by atoms with Gasteiger partial charge in [0, 0.05) is 6.92 Å². The molecule has 0 saturated heterocycles. The summed E-state index contributed by atoms with van der Waals surface area (Å²) in [5.74, 6) is 0.407. The number of hydrogen-bond donors (Lipinski definition) is 0. The van der Waals surface area contributed by atoms with Crippen LogP contribution in [0.1, 0.15) is 17.3 Å². The van der Waals surface area contributed by atoms with Crippen LogP contribution in [0, 0.1) is 0 Å². The van der Waals surface area contributed by atoms with Gasteiger partial charge in [-0.1, -0.05) is 0 Å². The second kappa shape index (κ2) is 5.98. The predicted octanol–water partition coefficient (Wildman–Crippen LogP) is 3.11. The Labute approximate surface area is 109 Å². The third-order valence-corrected chi connectivity index (χ3v) is 2.48. The predicted molar refractivity (Wildman–Crippen MR) is 65.3 cm³/mol. The van der Waals surface area contributed by atoms with Crippen molar-refractivity contribution in [3.8, 4) is 17.2 Å². The van der Waals surface area contributed by atoms with E-state index in [1.807, 2.05) is 0 Å². The lowest BCUT2D eigenvalue weighted by Crippen LogP contribution is -2.05. The molecule has 0 unspecified atom stereocenters. The molecule has 0 spiro atoms. The van der Waals surface area contributed by atoms with Crippen molar-refractivity contribution in [1.82, 2.24) is 0 Å². The molecule has 0 amide bonds. The van der Waals surface area contributed by atoms with Gasteiger partial charge in [-0.3, -0.25) is 4.79 Å². The molecule has 0 aliphatic rings. The van der Waals surface area contributed by atoms with Crippen molar-refractivity contribution >= 4 is 29.2 Å². The van der Waals surface area contributed by atoms with Crippen LogP contribution in [0.5, 0.6) is 17.2 Å². The number of hydrogen-bond acceptors (Lipinski definition) is 4. The van der Waals surface area contributed by atoms with E-state index in [1.165, 1.54) is 21.1 Å². The maximum Gasteiger partial charge on any atom is 0.308 e. The molecular weight excluding hydrogens is 267 g/mol. The van der Waals surface area contributed by atoms with Gasteiger partial charge in [-0.2, -0.15) is 0 Å². The number of carbonyl (C=O) groups is 1. The number of methoxy groups -OCH3 is 2. The number of rotatable bonds is 4. The van der Waals surface area contributed by atoms with Gasteiger partial charge in [0.15, 0.2) is 11.5 Å². The average Bonchev–Trinajstić information content (AvgIpc) is 2.28. The molecule has 0 aliphatic heterocycles. The number of esters is 1. The van der Waals surface area contributed by atoms with Crippen LogP contribution in [0.2, 0.25) is 0 Å². The number of ether oxygens (including phenoxy) is 3. The van der Waals surface area contributed by atoms with E-state index in [9.17, 15) is 4.79 Å². The van der Waals surface area contributed by atoms with Gasteiger partial charge in [0.25, 0.3) is 0 Å². The molecule has 1 aromatic rings. The van der Waals surface area contributed by atoms with Crippen molar-refractivity contribution in [2.75, 3.05) is 14.2 Å². The van der Waals surface area contributed by atoms with E-state index in [-0.39, 0.29) is 5.75 Å². The fourth-order valence-electron chi connectivity index (χ4n) is 1.27. The zero-order valence-electron chi connectivity index (χ0n) is 9.62. The Kier molecular flexibility index (Phi) is 4.90. The fourth-order valence-corrected chi connectivity index (χ4v) is 1.52. The third-order valence-electron chi connectivity index (χ3n) is 1.98. The van der Waals surface area contributed by atoms with Crippen molar-refractivity contribution in [1.29, 1.82) is 0 Å². The highest BCUT2D eigenvalue weighted by Gasteiger charge is 2.18. The minimum Gasteiger partial charge on any atom is -0.493 e. The molecule has 6 heteroatoms. The quantitative estimate of drug-likeness (QED) is 0.482. The van der Waals surface area contributed by atoms with Gasteiger partial charge in [-0.25, -0.2) is 0 Å². The van der Waals surface area contributed by atoms with Crippen LogP contribution in [-0.2, 0) is 4.79 Å². The summed E-state index contributed by atoms with van der Waals surface area (Å²) in [6.07, 6.45) is 0. The van der Waals surface area contributed by atoms with E-state index in [0.29, 0.717) is 17.1 Å². The lowest BCUT2D eigenvalue weighted by Gasteiger charge is -2.14. The lowest BCUT2D eigenvalue weighted by atomic mass is 10.2. The minimum absolute atomic E-state index is 0.209. The largest absolute Gasteiger partial charge is 0.493 e. The summed E-state index contributed by atoms with van der Waals surface area (Å²) < 4.78 is 15.2. The van der Waals surface area contributed by atoms with E-state index in [0.717, 1.165) is 0 Å². The molecular formula is C11H12Cl2O4. The van der Waals surface area contributed by atoms with Crippen LogP contribution in [0.25, 0.3) is 0 Å². The first-order valence-electron chi connectivity index (χ1n) is 4.72. The molecule has 0 N–H and O–H groups in total. The van der Waals surface area contributed by atoms with Gasteiger partial charge >= 0.3 is 5.97 Å². The normalized spacial score (nSPS) is 10.2.